The van der Waals surface area contributed by atoms with Crippen molar-refractivity contribution in [1.29, 1.82) is 0 Å². The van der Waals surface area contributed by atoms with Crippen molar-refractivity contribution in [2.24, 2.45) is 0 Å². The van der Waals surface area contributed by atoms with E-state index in [-0.39, 0.29) is 16.7 Å². The maximum atomic E-state index is 12.8. The molecule has 27 heavy (non-hydrogen) atoms. The van der Waals surface area contributed by atoms with Crippen LogP contribution in [0, 0.1) is 0 Å². The molecule has 0 spiro atoms. The van der Waals surface area contributed by atoms with Crippen LogP contribution in [0.5, 0.6) is 0 Å². The highest BCUT2D eigenvalue weighted by molar-refractivity contribution is 8.00. The molecule has 1 heterocycles. The monoisotopic (exact) mass is 405 g/mol. The Kier molecular flexibility index (Phi) is 5.83. The Morgan fingerprint density at radius 3 is 2.37 bits per heavy atom. The summed E-state index contributed by atoms with van der Waals surface area (Å²) in [4.78, 5) is 24.4. The van der Waals surface area contributed by atoms with Crippen molar-refractivity contribution in [3.63, 3.8) is 0 Å². The molecule has 1 aliphatic rings. The predicted octanol–water partition coefficient (Wildman–Crippen LogP) is 1.75. The second kappa shape index (κ2) is 8.12. The fourth-order valence-corrected chi connectivity index (χ4v) is 5.84. The largest absolute Gasteiger partial charge is 0.355 e. The fourth-order valence-electron chi connectivity index (χ4n) is 2.67. The molecule has 1 atom stereocenters. The number of carbonyl (C=O) groups excluding carboxylic acids is 2. The van der Waals surface area contributed by atoms with Crippen LogP contribution in [-0.2, 0) is 14.8 Å². The van der Waals surface area contributed by atoms with Crippen molar-refractivity contribution in [2.45, 2.75) is 10.9 Å². The van der Waals surface area contributed by atoms with Gasteiger partial charge in [-0.15, -0.1) is 11.8 Å². The normalized spacial score (nSPS) is 17.4. The number of benzene rings is 2. The Bertz CT molecular complexity index is 931. The minimum Gasteiger partial charge on any atom is -0.355 e. The van der Waals surface area contributed by atoms with Crippen molar-refractivity contribution >= 4 is 39.3 Å². The van der Waals surface area contributed by atoms with Crippen LogP contribution in [0.1, 0.15) is 10.4 Å². The lowest BCUT2D eigenvalue weighted by Gasteiger charge is -2.22. The first-order valence-corrected chi connectivity index (χ1v) is 10.8. The first-order chi connectivity index (χ1) is 12.9. The van der Waals surface area contributed by atoms with E-state index < -0.39 is 22.0 Å². The predicted molar refractivity (Wildman–Crippen MR) is 105 cm³/mol. The summed E-state index contributed by atoms with van der Waals surface area (Å²) in [7, 11) is -2.21. The number of nitrogens with one attached hydrogen (secondary N) is 2. The Morgan fingerprint density at radius 2 is 1.74 bits per heavy atom. The van der Waals surface area contributed by atoms with Crippen LogP contribution in [0.2, 0.25) is 0 Å². The van der Waals surface area contributed by atoms with Crippen molar-refractivity contribution in [1.82, 2.24) is 9.62 Å². The molecular weight excluding hydrogens is 386 g/mol. The van der Waals surface area contributed by atoms with Crippen molar-refractivity contribution in [2.75, 3.05) is 24.0 Å². The third-order valence-corrected chi connectivity index (χ3v) is 7.18. The minimum absolute atomic E-state index is 0.167. The first-order valence-electron chi connectivity index (χ1n) is 8.21. The smallest absolute Gasteiger partial charge is 0.251 e. The molecule has 0 aliphatic carbocycles. The van der Waals surface area contributed by atoms with E-state index in [1.54, 1.807) is 42.5 Å². The highest BCUT2D eigenvalue weighted by atomic mass is 32.2. The summed E-state index contributed by atoms with van der Waals surface area (Å²) in [5.74, 6) is -0.00789. The molecular formula is C18H19N3O4S2. The third-order valence-electron chi connectivity index (χ3n) is 4.14. The number of hydrogen-bond donors (Lipinski definition) is 2. The summed E-state index contributed by atoms with van der Waals surface area (Å²) in [6.45, 7) is 0. The van der Waals surface area contributed by atoms with Crippen LogP contribution in [0.15, 0.2) is 59.5 Å². The van der Waals surface area contributed by atoms with Crippen molar-refractivity contribution in [3.8, 4) is 0 Å². The number of rotatable bonds is 5. The topological polar surface area (TPSA) is 95.6 Å². The lowest BCUT2D eigenvalue weighted by Crippen LogP contribution is -2.44. The maximum Gasteiger partial charge on any atom is 0.251 e. The van der Waals surface area contributed by atoms with Gasteiger partial charge in [-0.25, -0.2) is 8.42 Å². The number of thioether (sulfide) groups is 1. The average molecular weight is 406 g/mol. The number of carbonyl (C=O) groups is 2. The molecule has 2 aromatic rings. The van der Waals surface area contributed by atoms with Gasteiger partial charge < -0.3 is 10.6 Å². The van der Waals surface area contributed by atoms with Gasteiger partial charge in [0.05, 0.1) is 10.8 Å². The van der Waals surface area contributed by atoms with Crippen LogP contribution in [0.25, 0.3) is 0 Å². The molecule has 142 valence electrons. The summed E-state index contributed by atoms with van der Waals surface area (Å²) in [5.41, 5.74) is 0.974. The van der Waals surface area contributed by atoms with E-state index in [9.17, 15) is 18.0 Å². The third kappa shape index (κ3) is 4.15. The lowest BCUT2D eigenvalue weighted by molar-refractivity contribution is -0.118. The van der Waals surface area contributed by atoms with Gasteiger partial charge >= 0.3 is 0 Å². The fraction of sp³-hybridized carbons (Fsp3) is 0.222. The Labute approximate surface area is 162 Å². The van der Waals surface area contributed by atoms with Crippen LogP contribution in [-0.4, -0.2) is 49.3 Å². The molecule has 0 radical (unpaired) electrons. The summed E-state index contributed by atoms with van der Waals surface area (Å²) < 4.78 is 26.9. The van der Waals surface area contributed by atoms with Crippen molar-refractivity contribution in [3.05, 3.63) is 60.2 Å². The van der Waals surface area contributed by atoms with Gasteiger partial charge in [-0.2, -0.15) is 4.31 Å². The van der Waals surface area contributed by atoms with E-state index in [0.29, 0.717) is 17.0 Å². The highest BCUT2D eigenvalue weighted by Gasteiger charge is 2.39. The molecule has 1 aliphatic heterocycles. The lowest BCUT2D eigenvalue weighted by atomic mass is 10.2. The van der Waals surface area contributed by atoms with Crippen LogP contribution in [0.4, 0.5) is 5.69 Å². The van der Waals surface area contributed by atoms with E-state index in [2.05, 4.69) is 10.6 Å². The Morgan fingerprint density at radius 1 is 1.07 bits per heavy atom. The van der Waals surface area contributed by atoms with Crippen LogP contribution in [0.3, 0.4) is 0 Å². The molecule has 2 N–H and O–H groups in total. The van der Waals surface area contributed by atoms with Gasteiger partial charge in [0, 0.05) is 24.1 Å². The van der Waals surface area contributed by atoms with E-state index in [0.717, 1.165) is 0 Å². The maximum absolute atomic E-state index is 12.8. The second-order valence-corrected chi connectivity index (χ2v) is 8.76. The van der Waals surface area contributed by atoms with E-state index in [1.807, 2.05) is 0 Å². The number of nitrogens with zero attached hydrogens (tertiary/aromatic N) is 1. The van der Waals surface area contributed by atoms with E-state index in [1.165, 1.54) is 35.2 Å². The molecule has 0 unspecified atom stereocenters. The van der Waals surface area contributed by atoms with Crippen LogP contribution < -0.4 is 10.6 Å². The first kappa shape index (κ1) is 19.4. The number of sulfonamides is 1. The molecule has 3 rings (SSSR count). The quantitative estimate of drug-likeness (QED) is 0.790. The molecule has 0 saturated carbocycles. The summed E-state index contributed by atoms with van der Waals surface area (Å²) in [6, 6.07) is 13.7. The zero-order chi connectivity index (χ0) is 19.4. The zero-order valence-corrected chi connectivity index (χ0v) is 16.2. The van der Waals surface area contributed by atoms with Gasteiger partial charge in [0.15, 0.2) is 0 Å². The molecule has 0 aromatic heterocycles. The summed E-state index contributed by atoms with van der Waals surface area (Å²) >= 11 is 1.39. The summed E-state index contributed by atoms with van der Waals surface area (Å²) in [6.07, 6.45) is 0. The number of amides is 2. The molecule has 1 fully saturated rings. The standard InChI is InChI=1S/C18H19N3O4S2/c1-19-17(22)13-7-9-14(10-8-13)20-18(23)16-11-26-12-21(16)27(24,25)15-5-3-2-4-6-15/h2-10,16H,11-12H2,1H3,(H,19,22)(H,20,23)/t16-/m0/s1. The molecule has 1 saturated heterocycles. The SMILES string of the molecule is CNC(=O)c1ccc(NC(=O)[C@@H]2CSCN2S(=O)(=O)c2ccccc2)cc1. The number of hydrogen-bond acceptors (Lipinski definition) is 5. The Balaban J connectivity index is 1.75. The van der Waals surface area contributed by atoms with E-state index >= 15 is 0 Å². The van der Waals surface area contributed by atoms with Gasteiger partial charge in [-0.05, 0) is 36.4 Å². The van der Waals surface area contributed by atoms with Gasteiger partial charge in [0.1, 0.15) is 6.04 Å². The molecule has 7 nitrogen and oxygen atoms in total. The molecule has 9 heteroatoms. The molecule has 2 amide bonds. The van der Waals surface area contributed by atoms with E-state index in [4.69, 9.17) is 0 Å². The van der Waals surface area contributed by atoms with Gasteiger partial charge in [-0.3, -0.25) is 9.59 Å². The number of anilines is 1. The van der Waals surface area contributed by atoms with Gasteiger partial charge in [0.2, 0.25) is 15.9 Å². The molecule has 2 aromatic carbocycles. The zero-order valence-electron chi connectivity index (χ0n) is 14.6. The van der Waals surface area contributed by atoms with Gasteiger partial charge in [-0.1, -0.05) is 18.2 Å². The average Bonchev–Trinajstić information content (AvgIpc) is 3.19. The summed E-state index contributed by atoms with van der Waals surface area (Å²) in [5, 5.41) is 5.25. The van der Waals surface area contributed by atoms with Crippen LogP contribution >= 0.6 is 11.8 Å². The minimum atomic E-state index is -3.75. The van der Waals surface area contributed by atoms with Crippen molar-refractivity contribution < 1.29 is 18.0 Å². The second-order valence-electron chi connectivity index (χ2n) is 5.87. The van der Waals surface area contributed by atoms with Gasteiger partial charge in [0.25, 0.3) is 5.91 Å². The molecule has 0 bridgehead atoms. The Hall–Kier alpha value is -2.36. The highest BCUT2D eigenvalue weighted by Crippen LogP contribution is 2.29.